The van der Waals surface area contributed by atoms with Crippen molar-refractivity contribution in [2.45, 2.75) is 13.1 Å². The molecule has 0 aromatic rings. The molecule has 0 spiro atoms. The second kappa shape index (κ2) is 5.88. The van der Waals surface area contributed by atoms with Gasteiger partial charge in [0, 0.05) is 14.1 Å². The fourth-order valence-electron chi connectivity index (χ4n) is 0.813. The predicted molar refractivity (Wildman–Crippen MR) is 59.8 cm³/mol. The monoisotopic (exact) mass is 227 g/mol. The van der Waals surface area contributed by atoms with Gasteiger partial charge in [0.15, 0.2) is 5.96 Å². The third-order valence-corrected chi connectivity index (χ3v) is 1.30. The van der Waals surface area contributed by atoms with Crippen LogP contribution in [0.1, 0.15) is 6.92 Å². The second-order valence-corrected chi connectivity index (χ2v) is 2.62. The van der Waals surface area contributed by atoms with E-state index in [4.69, 9.17) is 5.73 Å². The largest absolute Gasteiger partial charge is 0.370 e. The average molecular weight is 228 g/mol. The summed E-state index contributed by atoms with van der Waals surface area (Å²) in [5, 5.41) is 2.85. The molecule has 0 fully saturated rings. The van der Waals surface area contributed by atoms with Crippen LogP contribution >= 0.6 is 24.8 Å². The summed E-state index contributed by atoms with van der Waals surface area (Å²) in [6.07, 6.45) is -0.0753. The molecular formula is C6H15Cl2N5. The maximum absolute atomic E-state index is 5.48. The lowest BCUT2D eigenvalue weighted by atomic mass is 10.5. The van der Waals surface area contributed by atoms with E-state index in [-0.39, 0.29) is 31.0 Å². The summed E-state index contributed by atoms with van der Waals surface area (Å²) < 4.78 is 0. The van der Waals surface area contributed by atoms with E-state index in [1.165, 1.54) is 0 Å². The van der Waals surface area contributed by atoms with Crippen molar-refractivity contribution in [3.8, 4) is 0 Å². The summed E-state index contributed by atoms with van der Waals surface area (Å²) in [6, 6.07) is 0. The maximum Gasteiger partial charge on any atom is 0.202 e. The fourth-order valence-corrected chi connectivity index (χ4v) is 0.813. The van der Waals surface area contributed by atoms with E-state index in [1.807, 2.05) is 25.9 Å². The van der Waals surface area contributed by atoms with Crippen molar-refractivity contribution in [1.29, 1.82) is 0 Å². The lowest BCUT2D eigenvalue weighted by molar-refractivity contribution is 0.581. The summed E-state index contributed by atoms with van der Waals surface area (Å²) in [5.41, 5.74) is 5.48. The lowest BCUT2D eigenvalue weighted by Gasteiger charge is -2.21. The van der Waals surface area contributed by atoms with Crippen LogP contribution in [-0.2, 0) is 0 Å². The van der Waals surface area contributed by atoms with Gasteiger partial charge in [0.05, 0.1) is 0 Å². The number of hydrogen-bond acceptors (Lipinski definition) is 5. The van der Waals surface area contributed by atoms with E-state index in [0.717, 1.165) is 5.96 Å². The van der Waals surface area contributed by atoms with Gasteiger partial charge >= 0.3 is 0 Å². The topological polar surface area (TPSA) is 66.0 Å². The zero-order valence-corrected chi connectivity index (χ0v) is 9.45. The normalized spacial score (nSPS) is 19.8. The van der Waals surface area contributed by atoms with E-state index >= 15 is 0 Å². The predicted octanol–water partition coefficient (Wildman–Crippen LogP) is 0.0115. The summed E-state index contributed by atoms with van der Waals surface area (Å²) in [6.45, 7) is 1.89. The van der Waals surface area contributed by atoms with Gasteiger partial charge < -0.3 is 10.6 Å². The Morgan fingerprint density at radius 1 is 1.31 bits per heavy atom. The molecule has 3 N–H and O–H groups in total. The van der Waals surface area contributed by atoms with Crippen LogP contribution in [0.15, 0.2) is 9.98 Å². The standard InChI is InChI=1S/C6H13N5.2ClH/c1-4-8-5(7)10-6(9-4)11(2)3;;/h4H,1-3H3,(H3,7,8,9,10);2*1H. The first-order valence-corrected chi connectivity index (χ1v) is 3.45. The molecule has 0 aliphatic carbocycles. The summed E-state index contributed by atoms with van der Waals surface area (Å²) >= 11 is 0. The number of nitrogens with one attached hydrogen (secondary N) is 1. The van der Waals surface area contributed by atoms with Gasteiger partial charge in [-0.15, -0.1) is 24.8 Å². The van der Waals surface area contributed by atoms with Gasteiger partial charge in [-0.2, -0.15) is 0 Å². The molecule has 78 valence electrons. The van der Waals surface area contributed by atoms with Crippen LogP contribution in [0.3, 0.4) is 0 Å². The van der Waals surface area contributed by atoms with Crippen LogP contribution in [0, 0.1) is 0 Å². The van der Waals surface area contributed by atoms with E-state index < -0.39 is 0 Å². The molecule has 0 radical (unpaired) electrons. The Morgan fingerprint density at radius 2 is 1.85 bits per heavy atom. The Hall–Kier alpha value is -0.680. The first-order chi connectivity index (χ1) is 5.09. The van der Waals surface area contributed by atoms with E-state index in [9.17, 15) is 0 Å². The minimum Gasteiger partial charge on any atom is -0.370 e. The molecule has 13 heavy (non-hydrogen) atoms. The Kier molecular flexibility index (Phi) is 6.70. The van der Waals surface area contributed by atoms with Crippen LogP contribution in [0.25, 0.3) is 0 Å². The van der Waals surface area contributed by atoms with Gasteiger partial charge in [-0.3, -0.25) is 5.32 Å². The van der Waals surface area contributed by atoms with Gasteiger partial charge in [0.2, 0.25) is 5.96 Å². The van der Waals surface area contributed by atoms with E-state index in [0.29, 0.717) is 5.96 Å². The molecule has 1 aliphatic heterocycles. The van der Waals surface area contributed by atoms with E-state index in [1.54, 1.807) is 0 Å². The minimum atomic E-state index is -0.0753. The van der Waals surface area contributed by atoms with Gasteiger partial charge in [-0.05, 0) is 6.92 Å². The first kappa shape index (κ1) is 14.8. The van der Waals surface area contributed by atoms with Crippen LogP contribution in [0.4, 0.5) is 0 Å². The summed E-state index contributed by atoms with van der Waals surface area (Å²) in [7, 11) is 3.80. The highest BCUT2D eigenvalue weighted by atomic mass is 35.5. The van der Waals surface area contributed by atoms with Crippen molar-refractivity contribution < 1.29 is 0 Å². The molecule has 1 unspecified atom stereocenters. The van der Waals surface area contributed by atoms with Gasteiger partial charge in [0.1, 0.15) is 6.17 Å². The van der Waals surface area contributed by atoms with Crippen molar-refractivity contribution in [2.24, 2.45) is 15.7 Å². The van der Waals surface area contributed by atoms with Crippen molar-refractivity contribution in [2.75, 3.05) is 14.1 Å². The molecule has 0 aromatic heterocycles. The molecule has 5 nitrogen and oxygen atoms in total. The smallest absolute Gasteiger partial charge is 0.202 e. The molecule has 1 rings (SSSR count). The second-order valence-electron chi connectivity index (χ2n) is 2.62. The Bertz CT molecular complexity index is 213. The molecular weight excluding hydrogens is 213 g/mol. The highest BCUT2D eigenvalue weighted by Crippen LogP contribution is 1.97. The third kappa shape index (κ3) is 4.19. The summed E-state index contributed by atoms with van der Waals surface area (Å²) in [4.78, 5) is 10.0. The molecule has 0 bridgehead atoms. The first-order valence-electron chi connectivity index (χ1n) is 3.45. The Balaban J connectivity index is 0. The van der Waals surface area contributed by atoms with Crippen molar-refractivity contribution in [3.05, 3.63) is 0 Å². The number of halogens is 2. The number of guanidine groups is 2. The molecule has 0 amide bonds. The molecule has 1 atom stereocenters. The van der Waals surface area contributed by atoms with Crippen LogP contribution in [0.5, 0.6) is 0 Å². The van der Waals surface area contributed by atoms with E-state index in [2.05, 4.69) is 15.3 Å². The van der Waals surface area contributed by atoms with Crippen LogP contribution < -0.4 is 11.1 Å². The third-order valence-electron chi connectivity index (χ3n) is 1.30. The van der Waals surface area contributed by atoms with Crippen LogP contribution in [-0.4, -0.2) is 37.1 Å². The zero-order valence-electron chi connectivity index (χ0n) is 7.81. The molecule has 0 aromatic carbocycles. The molecule has 1 aliphatic rings. The lowest BCUT2D eigenvalue weighted by Crippen LogP contribution is -2.47. The van der Waals surface area contributed by atoms with Crippen molar-refractivity contribution in [1.82, 2.24) is 10.2 Å². The quantitative estimate of drug-likeness (QED) is 0.613. The SMILES string of the molecule is CC1N=C(N)NC(N(C)C)=N1.Cl.Cl. The molecule has 1 heterocycles. The zero-order chi connectivity index (χ0) is 8.43. The number of nitrogens with zero attached hydrogens (tertiary/aromatic N) is 3. The Labute approximate surface area is 90.3 Å². The number of aliphatic imine (C=N–C) groups is 2. The van der Waals surface area contributed by atoms with Crippen LogP contribution in [0.2, 0.25) is 0 Å². The molecule has 7 heteroatoms. The van der Waals surface area contributed by atoms with Crippen molar-refractivity contribution in [3.63, 3.8) is 0 Å². The average Bonchev–Trinajstić information content (AvgIpc) is 1.85. The maximum atomic E-state index is 5.48. The fraction of sp³-hybridized carbons (Fsp3) is 0.667. The summed E-state index contributed by atoms with van der Waals surface area (Å²) in [5.74, 6) is 1.18. The highest BCUT2D eigenvalue weighted by Gasteiger charge is 2.11. The number of hydrogen-bond donors (Lipinski definition) is 2. The van der Waals surface area contributed by atoms with Gasteiger partial charge in [-0.25, -0.2) is 9.98 Å². The van der Waals surface area contributed by atoms with Gasteiger partial charge in [0.25, 0.3) is 0 Å². The number of rotatable bonds is 0. The molecule has 0 saturated heterocycles. The number of nitrogens with two attached hydrogens (primary N) is 1. The van der Waals surface area contributed by atoms with Gasteiger partial charge in [-0.1, -0.05) is 0 Å². The highest BCUT2D eigenvalue weighted by molar-refractivity contribution is 5.99. The van der Waals surface area contributed by atoms with Crippen molar-refractivity contribution >= 4 is 36.7 Å². The minimum absolute atomic E-state index is 0. The molecule has 0 saturated carbocycles. The Morgan fingerprint density at radius 3 is 2.23 bits per heavy atom.